The number of aryl methyl sites for hydroxylation is 1. The summed E-state index contributed by atoms with van der Waals surface area (Å²) in [5.41, 5.74) is 2.77. The largest absolute Gasteiger partial charge is 0.453 e. The van der Waals surface area contributed by atoms with Crippen molar-refractivity contribution in [2.24, 2.45) is 7.05 Å². The molecule has 5 rings (SSSR count). The van der Waals surface area contributed by atoms with Crippen LogP contribution in [0.4, 0.5) is 14.5 Å². The van der Waals surface area contributed by atoms with Gasteiger partial charge in [-0.3, -0.25) is 9.78 Å². The number of thiocarbonyl (C=S) groups is 1. The van der Waals surface area contributed by atoms with Crippen molar-refractivity contribution in [1.82, 2.24) is 19.9 Å². The predicted octanol–water partition coefficient (Wildman–Crippen LogP) is 6.62. The van der Waals surface area contributed by atoms with Gasteiger partial charge in [0.15, 0.2) is 16.7 Å². The number of fused-ring (bicyclic) bond motifs is 1. The van der Waals surface area contributed by atoms with Crippen LogP contribution in [0.3, 0.4) is 0 Å². The van der Waals surface area contributed by atoms with Crippen LogP contribution < -0.4 is 15.4 Å². The number of anilines is 1. The van der Waals surface area contributed by atoms with Crippen LogP contribution in [0.1, 0.15) is 11.1 Å². The number of nitrogens with one attached hydrogen (secondary N) is 2. The van der Waals surface area contributed by atoms with Crippen molar-refractivity contribution in [3.05, 3.63) is 96.8 Å². The number of thiophene rings is 1. The number of amides is 1. The molecule has 1 amide bonds. The minimum atomic E-state index is -0.621. The smallest absolute Gasteiger partial charge is 0.230 e. The fourth-order valence-electron chi connectivity index (χ4n) is 3.81. The van der Waals surface area contributed by atoms with Crippen LogP contribution in [0, 0.1) is 5.82 Å². The molecule has 11 heteroatoms. The number of pyridine rings is 1. The second kappa shape index (κ2) is 11.1. The number of rotatable bonds is 7. The number of halogens is 2. The normalized spacial score (nSPS) is 10.8. The lowest BCUT2D eigenvalue weighted by Crippen LogP contribution is -2.35. The molecule has 7 nitrogen and oxygen atoms in total. The van der Waals surface area contributed by atoms with Crippen molar-refractivity contribution in [1.29, 1.82) is 0 Å². The highest BCUT2D eigenvalue weighted by Crippen LogP contribution is 2.39. The van der Waals surface area contributed by atoms with E-state index in [2.05, 4.69) is 27.2 Å². The molecule has 0 bridgehead atoms. The second-order valence-corrected chi connectivity index (χ2v) is 10.1. The van der Waals surface area contributed by atoms with Gasteiger partial charge in [0, 0.05) is 42.8 Å². The van der Waals surface area contributed by atoms with Crippen molar-refractivity contribution in [3.63, 3.8) is 0 Å². The van der Waals surface area contributed by atoms with E-state index >= 15 is 0 Å². The maximum atomic E-state index is 15.0. The summed E-state index contributed by atoms with van der Waals surface area (Å²) >= 11 is 6.65. The Morgan fingerprint density at radius 3 is 2.74 bits per heavy atom. The first-order chi connectivity index (χ1) is 18.7. The molecule has 5 aromatic rings. The number of hydrogen-bond acceptors (Lipinski definition) is 6. The fraction of sp³-hybridized carbons (Fsp3) is 0.0714. The van der Waals surface area contributed by atoms with E-state index in [1.54, 1.807) is 48.9 Å². The lowest BCUT2D eigenvalue weighted by Gasteiger charge is -2.12. The average molecular weight is 562 g/mol. The first-order valence-electron chi connectivity index (χ1n) is 11.6. The fourth-order valence-corrected chi connectivity index (χ4v) is 5.07. The molecule has 0 atom stereocenters. The lowest BCUT2D eigenvalue weighted by molar-refractivity contribution is -0.119. The molecule has 0 unspecified atom stereocenters. The van der Waals surface area contributed by atoms with Gasteiger partial charge in [0.1, 0.15) is 11.6 Å². The third kappa shape index (κ3) is 6.16. The lowest BCUT2D eigenvalue weighted by atomic mass is 10.1. The minimum Gasteiger partial charge on any atom is -0.453 e. The van der Waals surface area contributed by atoms with E-state index < -0.39 is 17.6 Å². The number of carbonyl (C=O) groups is 1. The maximum Gasteiger partial charge on any atom is 0.230 e. The van der Waals surface area contributed by atoms with E-state index in [1.807, 2.05) is 23.9 Å². The number of nitrogens with zero attached hydrogens (tertiary/aromatic N) is 3. The van der Waals surface area contributed by atoms with Gasteiger partial charge in [0.25, 0.3) is 0 Å². The standard InChI is InChI=1S/C28H21F2N5O2S2/c1-16(29)18-5-3-4-17(10-18)11-26(36)34-28(38)33-19-6-7-23(20(30)12-19)37-24-8-9-31-21-13-25(39-27(21)24)22-14-35(2)15-32-22/h3-10,12-15H,1,11H2,2H3,(H2,33,34,36,38). The van der Waals surface area contributed by atoms with E-state index in [-0.39, 0.29) is 17.3 Å². The quantitative estimate of drug-likeness (QED) is 0.217. The van der Waals surface area contributed by atoms with E-state index in [4.69, 9.17) is 17.0 Å². The van der Waals surface area contributed by atoms with Gasteiger partial charge in [-0.05, 0) is 42.0 Å². The Morgan fingerprint density at radius 2 is 2.00 bits per heavy atom. The van der Waals surface area contributed by atoms with Crippen LogP contribution in [0.15, 0.2) is 79.9 Å². The van der Waals surface area contributed by atoms with Gasteiger partial charge in [-0.1, -0.05) is 24.8 Å². The predicted molar refractivity (Wildman–Crippen MR) is 153 cm³/mol. The highest BCUT2D eigenvalue weighted by atomic mass is 32.1. The first kappa shape index (κ1) is 26.1. The Labute approximate surface area is 231 Å². The molecular weight excluding hydrogens is 540 g/mol. The van der Waals surface area contributed by atoms with Crippen LogP contribution in [-0.4, -0.2) is 25.6 Å². The molecule has 3 aromatic heterocycles. The number of imidazole rings is 1. The Hall–Kier alpha value is -4.48. The highest BCUT2D eigenvalue weighted by molar-refractivity contribution is 7.80. The van der Waals surface area contributed by atoms with Gasteiger partial charge in [-0.25, -0.2) is 13.8 Å². The third-order valence-electron chi connectivity index (χ3n) is 5.60. The van der Waals surface area contributed by atoms with E-state index in [0.29, 0.717) is 22.6 Å². The molecular formula is C28H21F2N5O2S2. The zero-order valence-corrected chi connectivity index (χ0v) is 22.2. The van der Waals surface area contributed by atoms with Crippen LogP contribution in [0.5, 0.6) is 11.5 Å². The van der Waals surface area contributed by atoms with Gasteiger partial charge < -0.3 is 19.9 Å². The number of benzene rings is 2. The molecule has 3 heterocycles. The van der Waals surface area contributed by atoms with Crippen LogP contribution in [-0.2, 0) is 18.3 Å². The molecule has 0 aliphatic carbocycles. The summed E-state index contributed by atoms with van der Waals surface area (Å²) in [6, 6.07) is 14.3. The van der Waals surface area contributed by atoms with Crippen molar-refractivity contribution >= 4 is 56.3 Å². The molecule has 196 valence electrons. The molecule has 0 radical (unpaired) electrons. The highest BCUT2D eigenvalue weighted by Gasteiger charge is 2.15. The van der Waals surface area contributed by atoms with Crippen LogP contribution in [0.25, 0.3) is 26.6 Å². The molecule has 39 heavy (non-hydrogen) atoms. The number of carbonyl (C=O) groups excluding carboxylic acids is 1. The van der Waals surface area contributed by atoms with Crippen LogP contribution >= 0.6 is 23.6 Å². The summed E-state index contributed by atoms with van der Waals surface area (Å²) in [7, 11) is 1.89. The van der Waals surface area contributed by atoms with Crippen LogP contribution in [0.2, 0.25) is 0 Å². The van der Waals surface area contributed by atoms with E-state index in [9.17, 15) is 13.6 Å². The van der Waals surface area contributed by atoms with Gasteiger partial charge in [-0.15, -0.1) is 11.3 Å². The molecule has 0 aliphatic heterocycles. The second-order valence-electron chi connectivity index (χ2n) is 8.59. The van der Waals surface area contributed by atoms with Gasteiger partial charge in [0.2, 0.25) is 5.91 Å². The molecule has 2 aromatic carbocycles. The van der Waals surface area contributed by atoms with Gasteiger partial charge in [0.05, 0.1) is 33.5 Å². The van der Waals surface area contributed by atoms with E-state index in [1.165, 1.54) is 23.5 Å². The molecule has 0 saturated carbocycles. The molecule has 0 saturated heterocycles. The van der Waals surface area contributed by atoms with Crippen molar-refractivity contribution < 1.29 is 18.3 Å². The molecule has 0 aliphatic rings. The number of ether oxygens (including phenoxy) is 1. The zero-order valence-electron chi connectivity index (χ0n) is 20.6. The maximum absolute atomic E-state index is 15.0. The Bertz CT molecular complexity index is 1730. The Balaban J connectivity index is 1.24. The Kier molecular flexibility index (Phi) is 7.44. The minimum absolute atomic E-state index is 0.00407. The molecule has 2 N–H and O–H groups in total. The summed E-state index contributed by atoms with van der Waals surface area (Å²) < 4.78 is 36.8. The van der Waals surface area contributed by atoms with Crippen molar-refractivity contribution in [2.75, 3.05) is 5.32 Å². The molecule has 0 spiro atoms. The summed E-state index contributed by atoms with van der Waals surface area (Å²) in [6.07, 6.45) is 5.21. The molecule has 0 fully saturated rings. The van der Waals surface area contributed by atoms with Gasteiger partial charge in [-0.2, -0.15) is 0 Å². The average Bonchev–Trinajstić information content (AvgIpc) is 3.52. The monoisotopic (exact) mass is 561 g/mol. The number of hydrogen-bond donors (Lipinski definition) is 2. The first-order valence-corrected chi connectivity index (χ1v) is 12.9. The van der Waals surface area contributed by atoms with Crippen molar-refractivity contribution in [2.45, 2.75) is 6.42 Å². The van der Waals surface area contributed by atoms with Gasteiger partial charge >= 0.3 is 0 Å². The topological polar surface area (TPSA) is 81.1 Å². The third-order valence-corrected chi connectivity index (χ3v) is 6.97. The van der Waals surface area contributed by atoms with Crippen molar-refractivity contribution in [3.8, 4) is 22.1 Å². The zero-order chi connectivity index (χ0) is 27.5. The summed E-state index contributed by atoms with van der Waals surface area (Å²) in [4.78, 5) is 22.0. The SMILES string of the molecule is C=C(F)c1cccc(CC(=O)NC(=S)Nc2ccc(Oc3ccnc4cc(-c5cn(C)cn5)sc34)c(F)c2)c1. The summed E-state index contributed by atoms with van der Waals surface area (Å²) in [5, 5.41) is 5.32. The summed E-state index contributed by atoms with van der Waals surface area (Å²) in [5.74, 6) is -1.12. The Morgan fingerprint density at radius 1 is 1.15 bits per heavy atom. The number of aromatic nitrogens is 3. The van der Waals surface area contributed by atoms with E-state index in [0.717, 1.165) is 20.8 Å². The summed E-state index contributed by atoms with van der Waals surface area (Å²) in [6.45, 7) is 3.26.